The number of nitrogens with zero attached hydrogens (tertiary/aromatic N) is 3. The molecule has 3 amide bonds. The molecule has 8 heteroatoms. The van der Waals surface area contributed by atoms with Gasteiger partial charge in [-0.3, -0.25) is 24.6 Å². The highest BCUT2D eigenvalue weighted by Crippen LogP contribution is 2.23. The van der Waals surface area contributed by atoms with E-state index in [4.69, 9.17) is 0 Å². The van der Waals surface area contributed by atoms with Gasteiger partial charge in [-0.25, -0.2) is 0 Å². The number of nitrogens with one attached hydrogen (secondary N) is 1. The zero-order valence-corrected chi connectivity index (χ0v) is 12.5. The van der Waals surface area contributed by atoms with Crippen LogP contribution in [0.1, 0.15) is 28.2 Å². The van der Waals surface area contributed by atoms with E-state index in [1.165, 1.54) is 11.3 Å². The topological polar surface area (TPSA) is 92.3 Å². The summed E-state index contributed by atoms with van der Waals surface area (Å²) in [6.45, 7) is 1.80. The first-order valence-corrected chi connectivity index (χ1v) is 7.43. The molecule has 22 heavy (non-hydrogen) atoms. The minimum atomic E-state index is -0.318. The van der Waals surface area contributed by atoms with Gasteiger partial charge in [-0.1, -0.05) is 11.3 Å². The van der Waals surface area contributed by atoms with Crippen molar-refractivity contribution in [3.63, 3.8) is 0 Å². The van der Waals surface area contributed by atoms with Crippen molar-refractivity contribution in [1.82, 2.24) is 10.2 Å². The maximum atomic E-state index is 12.1. The molecule has 0 spiro atoms. The molecule has 0 atom stereocenters. The van der Waals surface area contributed by atoms with E-state index in [1.807, 2.05) is 0 Å². The summed E-state index contributed by atoms with van der Waals surface area (Å²) in [5.74, 6) is -0.750. The number of hydrogen-bond donors (Lipinski definition) is 1. The van der Waals surface area contributed by atoms with Crippen LogP contribution in [0.4, 0.5) is 10.8 Å². The van der Waals surface area contributed by atoms with Crippen molar-refractivity contribution in [2.75, 3.05) is 10.2 Å². The van der Waals surface area contributed by atoms with Crippen LogP contribution >= 0.6 is 11.3 Å². The lowest BCUT2D eigenvalue weighted by Crippen LogP contribution is -2.28. The van der Waals surface area contributed by atoms with Crippen molar-refractivity contribution in [1.29, 1.82) is 0 Å². The van der Waals surface area contributed by atoms with Crippen molar-refractivity contribution >= 4 is 39.9 Å². The molecule has 1 aliphatic heterocycles. The zero-order chi connectivity index (χ0) is 15.7. The second-order valence-corrected chi connectivity index (χ2v) is 5.93. The van der Waals surface area contributed by atoms with Gasteiger partial charge in [0.25, 0.3) is 5.91 Å². The third-order valence-electron chi connectivity index (χ3n) is 3.19. The first-order valence-electron chi connectivity index (χ1n) is 6.62. The van der Waals surface area contributed by atoms with Crippen LogP contribution in [0.25, 0.3) is 0 Å². The number of aromatic nitrogens is 2. The van der Waals surface area contributed by atoms with Gasteiger partial charge in [0.2, 0.25) is 16.9 Å². The maximum absolute atomic E-state index is 12.1. The molecule has 0 radical (unpaired) electrons. The molecule has 3 rings (SSSR count). The maximum Gasteiger partial charge on any atom is 0.257 e. The Bertz CT molecular complexity index is 738. The summed E-state index contributed by atoms with van der Waals surface area (Å²) in [7, 11) is 0. The predicted molar refractivity (Wildman–Crippen MR) is 80.8 cm³/mol. The highest BCUT2D eigenvalue weighted by Gasteiger charge is 2.30. The molecule has 1 N–H and O–H groups in total. The van der Waals surface area contributed by atoms with E-state index in [-0.39, 0.29) is 30.6 Å². The summed E-state index contributed by atoms with van der Waals surface area (Å²) in [4.78, 5) is 36.5. The average Bonchev–Trinajstić information content (AvgIpc) is 3.05. The Morgan fingerprint density at radius 1 is 1.14 bits per heavy atom. The molecule has 1 saturated heterocycles. The smallest absolute Gasteiger partial charge is 0.257 e. The van der Waals surface area contributed by atoms with Crippen molar-refractivity contribution in [3.05, 3.63) is 34.8 Å². The molecular formula is C14H12N4O3S. The first kappa shape index (κ1) is 14.3. The van der Waals surface area contributed by atoms with Gasteiger partial charge in [-0.15, -0.1) is 10.2 Å². The molecule has 0 unspecified atom stereocenters. The van der Waals surface area contributed by atoms with Crippen LogP contribution in [-0.2, 0) is 9.59 Å². The number of aryl methyl sites for hydroxylation is 1. The van der Waals surface area contributed by atoms with E-state index >= 15 is 0 Å². The third-order valence-corrected chi connectivity index (χ3v) is 3.94. The highest BCUT2D eigenvalue weighted by atomic mass is 32.1. The second kappa shape index (κ2) is 5.64. The Labute approximate surface area is 130 Å². The van der Waals surface area contributed by atoms with Gasteiger partial charge >= 0.3 is 0 Å². The molecule has 0 aliphatic carbocycles. The first-order chi connectivity index (χ1) is 10.5. The van der Waals surface area contributed by atoms with Crippen LogP contribution in [-0.4, -0.2) is 27.9 Å². The Balaban J connectivity index is 1.75. The molecule has 2 heterocycles. The molecule has 7 nitrogen and oxygen atoms in total. The SMILES string of the molecule is Cc1nnc(NC(=O)c2ccc(N3C(=O)CCC3=O)cc2)s1. The number of carbonyl (C=O) groups excluding carboxylic acids is 3. The summed E-state index contributed by atoms with van der Waals surface area (Å²) in [6, 6.07) is 6.30. The van der Waals surface area contributed by atoms with Crippen molar-refractivity contribution in [3.8, 4) is 0 Å². The fourth-order valence-corrected chi connectivity index (χ4v) is 2.73. The number of hydrogen-bond acceptors (Lipinski definition) is 6. The molecule has 1 fully saturated rings. The largest absolute Gasteiger partial charge is 0.296 e. The molecule has 0 bridgehead atoms. The minimum Gasteiger partial charge on any atom is -0.296 e. The number of amides is 3. The van der Waals surface area contributed by atoms with Crippen LogP contribution < -0.4 is 10.2 Å². The predicted octanol–water partition coefficient (Wildman–Crippen LogP) is 1.75. The van der Waals surface area contributed by atoms with Gasteiger partial charge < -0.3 is 0 Å². The quantitative estimate of drug-likeness (QED) is 0.871. The Kier molecular flexibility index (Phi) is 3.68. The summed E-state index contributed by atoms with van der Waals surface area (Å²) < 4.78 is 0. The monoisotopic (exact) mass is 316 g/mol. The standard InChI is InChI=1S/C14H12N4O3S/c1-8-16-17-14(22-8)15-13(21)9-2-4-10(5-3-9)18-11(19)6-7-12(18)20/h2-5H,6-7H2,1H3,(H,15,17,21). The fraction of sp³-hybridized carbons (Fsp3) is 0.214. The number of benzene rings is 1. The van der Waals surface area contributed by atoms with Crippen LogP contribution in [0, 0.1) is 6.92 Å². The van der Waals surface area contributed by atoms with Gasteiger partial charge in [0.1, 0.15) is 5.01 Å². The average molecular weight is 316 g/mol. The summed E-state index contributed by atoms with van der Waals surface area (Å²) >= 11 is 1.28. The van der Waals surface area contributed by atoms with Crippen molar-refractivity contribution in [2.24, 2.45) is 0 Å². The van der Waals surface area contributed by atoms with E-state index in [0.29, 0.717) is 16.4 Å². The molecular weight excluding hydrogens is 304 g/mol. The summed E-state index contributed by atoms with van der Waals surface area (Å²) in [6.07, 6.45) is 0.467. The molecule has 1 aliphatic rings. The molecule has 1 aromatic carbocycles. The normalized spacial score (nSPS) is 14.5. The Morgan fingerprint density at radius 3 is 2.32 bits per heavy atom. The molecule has 0 saturated carbocycles. The highest BCUT2D eigenvalue weighted by molar-refractivity contribution is 7.15. The third kappa shape index (κ3) is 2.73. The van der Waals surface area contributed by atoms with Gasteiger partial charge in [0.05, 0.1) is 5.69 Å². The minimum absolute atomic E-state index is 0.216. The molecule has 2 aromatic rings. The number of anilines is 2. The lowest BCUT2D eigenvalue weighted by molar-refractivity contribution is -0.121. The second-order valence-electron chi connectivity index (χ2n) is 4.75. The number of rotatable bonds is 3. The van der Waals surface area contributed by atoms with Crippen molar-refractivity contribution in [2.45, 2.75) is 19.8 Å². The Hall–Kier alpha value is -2.61. The Morgan fingerprint density at radius 2 is 1.77 bits per heavy atom. The zero-order valence-electron chi connectivity index (χ0n) is 11.7. The molecule has 112 valence electrons. The lowest BCUT2D eigenvalue weighted by Gasteiger charge is -2.13. The number of carbonyl (C=O) groups is 3. The summed E-state index contributed by atoms with van der Waals surface area (Å²) in [5, 5.41) is 11.5. The van der Waals surface area contributed by atoms with E-state index in [1.54, 1.807) is 31.2 Å². The van der Waals surface area contributed by atoms with Gasteiger partial charge in [0.15, 0.2) is 0 Å². The van der Waals surface area contributed by atoms with E-state index in [2.05, 4.69) is 15.5 Å². The van der Waals surface area contributed by atoms with E-state index < -0.39 is 0 Å². The lowest BCUT2D eigenvalue weighted by atomic mass is 10.2. The molecule has 1 aromatic heterocycles. The summed E-state index contributed by atoms with van der Waals surface area (Å²) in [5.41, 5.74) is 0.895. The van der Waals surface area contributed by atoms with E-state index in [9.17, 15) is 14.4 Å². The van der Waals surface area contributed by atoms with Gasteiger partial charge in [0, 0.05) is 18.4 Å². The van der Waals surface area contributed by atoms with Crippen LogP contribution in [0.2, 0.25) is 0 Å². The van der Waals surface area contributed by atoms with E-state index in [0.717, 1.165) is 9.91 Å². The number of imide groups is 1. The van der Waals surface area contributed by atoms with Gasteiger partial charge in [-0.2, -0.15) is 0 Å². The van der Waals surface area contributed by atoms with Crippen LogP contribution in [0.15, 0.2) is 24.3 Å². The van der Waals surface area contributed by atoms with Gasteiger partial charge in [-0.05, 0) is 31.2 Å². The fourth-order valence-electron chi connectivity index (χ4n) is 2.14. The van der Waals surface area contributed by atoms with Crippen LogP contribution in [0.5, 0.6) is 0 Å². The van der Waals surface area contributed by atoms with Crippen LogP contribution in [0.3, 0.4) is 0 Å². The van der Waals surface area contributed by atoms with Crippen molar-refractivity contribution < 1.29 is 14.4 Å².